The van der Waals surface area contributed by atoms with Crippen molar-refractivity contribution in [2.45, 2.75) is 146 Å². The van der Waals surface area contributed by atoms with Crippen LogP contribution in [0.2, 0.25) is 0 Å². The van der Waals surface area contributed by atoms with Gasteiger partial charge in [0.1, 0.15) is 12.1 Å². The van der Waals surface area contributed by atoms with Crippen LogP contribution in [-0.2, 0) is 42.0 Å². The van der Waals surface area contributed by atoms with Gasteiger partial charge >= 0.3 is 0 Å². The molecule has 0 spiro atoms. The van der Waals surface area contributed by atoms with Gasteiger partial charge in [-0.05, 0) is 86.3 Å². The van der Waals surface area contributed by atoms with E-state index in [0.717, 1.165) is 59.9 Å². The molecule has 12 nitrogen and oxygen atoms in total. The first kappa shape index (κ1) is 52.3. The lowest BCUT2D eigenvalue weighted by atomic mass is 9.81. The minimum absolute atomic E-state index is 0.0473. The van der Waals surface area contributed by atoms with Gasteiger partial charge in [0.15, 0.2) is 9.84 Å². The molecule has 2 aliphatic rings. The van der Waals surface area contributed by atoms with Gasteiger partial charge in [-0.2, -0.15) is 0 Å². The first-order chi connectivity index (χ1) is 30.9. The summed E-state index contributed by atoms with van der Waals surface area (Å²) in [5.74, 6) is -2.22. The predicted octanol–water partition coefficient (Wildman–Crippen LogP) is 7.22. The number of pyridine rings is 1. The number of aliphatic hydroxyl groups excluding tert-OH is 1. The van der Waals surface area contributed by atoms with Gasteiger partial charge in [0.25, 0.3) is 0 Å². The number of aliphatic hydroxyl groups is 1. The topological polar surface area (TPSA) is 184 Å². The molecule has 0 bridgehead atoms. The van der Waals surface area contributed by atoms with E-state index in [4.69, 9.17) is 0 Å². The minimum Gasteiger partial charge on any atom is -0.391 e. The van der Waals surface area contributed by atoms with E-state index >= 15 is 0 Å². The highest BCUT2D eigenvalue weighted by Crippen LogP contribution is 2.36. The summed E-state index contributed by atoms with van der Waals surface area (Å²) in [5.41, 5.74) is 1.54. The second kappa shape index (κ2) is 24.4. The number of rotatable bonds is 22. The van der Waals surface area contributed by atoms with Crippen molar-refractivity contribution in [3.05, 3.63) is 78.1 Å². The zero-order valence-electron chi connectivity index (χ0n) is 39.4. The molecule has 0 radical (unpaired) electrons. The number of fused-ring (bicyclic) bond motifs is 1. The summed E-state index contributed by atoms with van der Waals surface area (Å²) < 4.78 is 26.1. The number of nitrogens with zero attached hydrogens (tertiary/aromatic N) is 1. The number of hydrogen-bond donors (Lipinski definition) is 5. The number of aromatic nitrogens is 1. The Morgan fingerprint density at radius 1 is 0.831 bits per heavy atom. The first-order valence-electron chi connectivity index (χ1n) is 23.6. The Bertz CT molecular complexity index is 2130. The van der Waals surface area contributed by atoms with E-state index in [1.54, 1.807) is 56.6 Å². The van der Waals surface area contributed by atoms with Crippen LogP contribution in [0.4, 0.5) is 0 Å². The largest absolute Gasteiger partial charge is 0.391 e. The number of amides is 4. The Kier molecular flexibility index (Phi) is 19.6. The first-order valence-corrected chi connectivity index (χ1v) is 27.3. The molecule has 5 rings (SSSR count). The van der Waals surface area contributed by atoms with Crippen LogP contribution >= 0.6 is 23.5 Å². The van der Waals surface area contributed by atoms with Crippen LogP contribution in [0.5, 0.6) is 0 Å². The van der Waals surface area contributed by atoms with Crippen LogP contribution in [0, 0.1) is 29.6 Å². The standard InChI is InChI=1S/C50H73N5O7S3/c1-8-33(4)43(47(59)52-30-38-22-14-15-24-51-38)54-46(58)40(32(2)3)29-42(56)41(27-34-17-10-9-11-18-34)53-48(60)44(49-63-25-26-64-49)55-45(57)37(31-65(61,62)50(5,6)7)28-36-21-16-20-35-19-12-13-23-39(35)36/h12-16,19-24,32-34,37,40-44,49,56H,8-11,17-18,25-31H2,1-7H3,(H,52,59)(H,53,60)(H,54,58)(H,55,57)/t33-,37+,40?,41+,42+,43+,44-/m1/s1. The average molecular weight is 952 g/mol. The quantitative estimate of drug-likeness (QED) is 0.0690. The summed E-state index contributed by atoms with van der Waals surface area (Å²) in [7, 11) is -3.76. The summed E-state index contributed by atoms with van der Waals surface area (Å²) in [6.45, 7) is 12.8. The van der Waals surface area contributed by atoms with Gasteiger partial charge in [-0.1, -0.05) is 115 Å². The second-order valence-corrected chi connectivity index (χ2v) is 25.0. The lowest BCUT2D eigenvalue weighted by Crippen LogP contribution is -2.57. The number of nitrogens with one attached hydrogen (secondary N) is 4. The molecule has 1 unspecified atom stereocenters. The summed E-state index contributed by atoms with van der Waals surface area (Å²) in [4.78, 5) is 61.4. The molecule has 2 aromatic carbocycles. The van der Waals surface area contributed by atoms with Gasteiger partial charge < -0.3 is 26.4 Å². The molecule has 1 aromatic heterocycles. The van der Waals surface area contributed by atoms with Crippen LogP contribution in [0.25, 0.3) is 10.8 Å². The Morgan fingerprint density at radius 3 is 2.15 bits per heavy atom. The molecule has 1 aliphatic heterocycles. The third-order valence-electron chi connectivity index (χ3n) is 13.3. The maximum atomic E-state index is 14.8. The van der Waals surface area contributed by atoms with Crippen molar-refractivity contribution in [3.8, 4) is 0 Å². The molecule has 5 N–H and O–H groups in total. The van der Waals surface area contributed by atoms with Crippen molar-refractivity contribution in [2.24, 2.45) is 29.6 Å². The predicted molar refractivity (Wildman–Crippen MR) is 265 cm³/mol. The minimum atomic E-state index is -3.76. The monoisotopic (exact) mass is 951 g/mol. The van der Waals surface area contributed by atoms with E-state index < -0.39 is 68.2 Å². The summed E-state index contributed by atoms with van der Waals surface area (Å²) in [6.07, 6.45) is 7.08. The highest BCUT2D eigenvalue weighted by molar-refractivity contribution is 8.20. The van der Waals surface area contributed by atoms with Crippen molar-refractivity contribution in [3.63, 3.8) is 0 Å². The SMILES string of the molecule is CC[C@@H](C)[C@H](NC(=O)C(C[C@H](O)[C@H](CC1CCCCC1)NC(=O)[C@@H](NC(=O)[C@@H](Cc1cccc2ccccc12)CS(=O)(=O)C(C)(C)C)C1SCCS1)C(C)C)C(=O)NCc1ccccn1. The fraction of sp³-hybridized carbons (Fsp3) is 0.620. The molecule has 7 atom stereocenters. The molecule has 65 heavy (non-hydrogen) atoms. The van der Waals surface area contributed by atoms with E-state index in [9.17, 15) is 32.7 Å². The molecule has 1 saturated heterocycles. The Balaban J connectivity index is 1.38. The van der Waals surface area contributed by atoms with Crippen LogP contribution in [0.1, 0.15) is 111 Å². The smallest absolute Gasteiger partial charge is 0.244 e. The van der Waals surface area contributed by atoms with E-state index in [1.807, 2.05) is 82.3 Å². The number of benzene rings is 2. The van der Waals surface area contributed by atoms with Gasteiger partial charge in [-0.15, -0.1) is 23.5 Å². The molecule has 3 aromatic rings. The molecular weight excluding hydrogens is 879 g/mol. The maximum Gasteiger partial charge on any atom is 0.244 e. The van der Waals surface area contributed by atoms with E-state index in [1.165, 1.54) is 0 Å². The van der Waals surface area contributed by atoms with Gasteiger partial charge in [0, 0.05) is 23.6 Å². The third kappa shape index (κ3) is 14.9. The van der Waals surface area contributed by atoms with Gasteiger partial charge in [-0.3, -0.25) is 24.2 Å². The van der Waals surface area contributed by atoms with E-state index in [0.29, 0.717) is 18.5 Å². The maximum absolute atomic E-state index is 14.8. The fourth-order valence-electron chi connectivity index (χ4n) is 8.80. The van der Waals surface area contributed by atoms with Gasteiger partial charge in [0.2, 0.25) is 23.6 Å². The molecule has 1 aliphatic carbocycles. The molecule has 1 saturated carbocycles. The number of thioether (sulfide) groups is 2. The molecule has 2 fully saturated rings. The van der Waals surface area contributed by atoms with E-state index in [-0.39, 0.29) is 53.5 Å². The fourth-order valence-corrected chi connectivity index (χ4v) is 13.1. The molecule has 2 heterocycles. The van der Waals surface area contributed by atoms with Crippen LogP contribution in [0.3, 0.4) is 0 Å². The van der Waals surface area contributed by atoms with Crippen molar-refractivity contribution in [1.29, 1.82) is 0 Å². The highest BCUT2D eigenvalue weighted by atomic mass is 32.2. The lowest BCUT2D eigenvalue weighted by Gasteiger charge is -2.34. The zero-order valence-corrected chi connectivity index (χ0v) is 41.8. The Morgan fingerprint density at radius 2 is 1.51 bits per heavy atom. The van der Waals surface area contributed by atoms with Crippen LogP contribution in [0.15, 0.2) is 66.9 Å². The number of hydrogen-bond acceptors (Lipinski definition) is 10. The zero-order chi connectivity index (χ0) is 47.3. The average Bonchev–Trinajstić information content (AvgIpc) is 3.82. The number of carbonyl (C=O) groups excluding carboxylic acids is 4. The van der Waals surface area contributed by atoms with Gasteiger partial charge in [0.05, 0.1) is 45.4 Å². The number of carbonyl (C=O) groups is 4. The van der Waals surface area contributed by atoms with Crippen LogP contribution < -0.4 is 21.3 Å². The molecule has 15 heteroatoms. The molecular formula is C50H73N5O7S3. The van der Waals surface area contributed by atoms with Gasteiger partial charge in [-0.25, -0.2) is 8.42 Å². The molecule has 358 valence electrons. The lowest BCUT2D eigenvalue weighted by molar-refractivity contribution is -0.134. The Labute approximate surface area is 396 Å². The summed E-state index contributed by atoms with van der Waals surface area (Å²) in [5, 5.41) is 26.3. The van der Waals surface area contributed by atoms with Crippen LogP contribution in [-0.4, -0.2) is 93.0 Å². The molecule has 4 amide bonds. The number of sulfone groups is 1. The summed E-state index contributed by atoms with van der Waals surface area (Å²) >= 11 is 3.15. The van der Waals surface area contributed by atoms with Crippen molar-refractivity contribution >= 4 is 67.8 Å². The van der Waals surface area contributed by atoms with Crippen molar-refractivity contribution in [1.82, 2.24) is 26.3 Å². The third-order valence-corrected chi connectivity index (χ3v) is 19.1. The highest BCUT2D eigenvalue weighted by Gasteiger charge is 2.41. The van der Waals surface area contributed by atoms with Crippen molar-refractivity contribution in [2.75, 3.05) is 17.3 Å². The normalized spacial score (nSPS) is 18.5. The second-order valence-electron chi connectivity index (χ2n) is 19.4. The summed E-state index contributed by atoms with van der Waals surface area (Å²) in [6, 6.07) is 16.6. The Hall–Kier alpha value is -3.66. The van der Waals surface area contributed by atoms with Crippen molar-refractivity contribution < 1.29 is 32.7 Å². The van der Waals surface area contributed by atoms with E-state index in [2.05, 4.69) is 26.3 Å².